The van der Waals surface area contributed by atoms with Gasteiger partial charge in [0.2, 0.25) is 17.6 Å². The lowest BCUT2D eigenvalue weighted by molar-refractivity contribution is -0.136. The molecule has 0 aliphatic carbocycles. The fourth-order valence-corrected chi connectivity index (χ4v) is 11.0. The Bertz CT molecular complexity index is 2850. The highest BCUT2D eigenvalue weighted by molar-refractivity contribution is 7.90. The quantitative estimate of drug-likeness (QED) is 0.119. The summed E-state index contributed by atoms with van der Waals surface area (Å²) in [6.45, 7) is 4.61. The van der Waals surface area contributed by atoms with Gasteiger partial charge in [0.05, 0.1) is 11.3 Å². The van der Waals surface area contributed by atoms with Crippen LogP contribution < -0.4 is 14.9 Å². The molecule has 2 atom stereocenters. The Hall–Kier alpha value is -6.25. The number of aromatic amines is 1. The van der Waals surface area contributed by atoms with Gasteiger partial charge in [-0.25, -0.2) is 28.1 Å². The normalized spacial score (nSPS) is 21.2. The number of halogens is 3. The van der Waals surface area contributed by atoms with Crippen LogP contribution >= 0.6 is 0 Å². The summed E-state index contributed by atoms with van der Waals surface area (Å²) in [5, 5.41) is 2.64. The number of likely N-dealkylation sites (tertiary alicyclic amines) is 1. The first-order valence-corrected chi connectivity index (χ1v) is 23.2. The lowest BCUT2D eigenvalue weighted by atomic mass is 9.90. The number of fused-ring (bicyclic) bond motifs is 2. The number of alkyl halides is 1. The van der Waals surface area contributed by atoms with Crippen LogP contribution in [0, 0.1) is 23.5 Å². The summed E-state index contributed by atoms with van der Waals surface area (Å²) in [6.07, 6.45) is 8.24. The topological polar surface area (TPSA) is 194 Å². The molecule has 65 heavy (non-hydrogen) atoms. The Balaban J connectivity index is 0.716. The number of piperidine rings is 2. The number of nitrogens with one attached hydrogen (secondary N) is 3. The third kappa shape index (κ3) is 8.33. The van der Waals surface area contributed by atoms with E-state index in [1.807, 2.05) is 16.9 Å². The van der Waals surface area contributed by atoms with Crippen LogP contribution in [0.5, 0.6) is 0 Å². The Morgan fingerprint density at radius 2 is 1.65 bits per heavy atom. The van der Waals surface area contributed by atoms with Gasteiger partial charge in [0.25, 0.3) is 5.91 Å². The van der Waals surface area contributed by atoms with Gasteiger partial charge in [-0.15, -0.1) is 0 Å². The van der Waals surface area contributed by atoms with E-state index in [1.165, 1.54) is 6.20 Å². The molecule has 338 valence electrons. The van der Waals surface area contributed by atoms with E-state index in [4.69, 9.17) is 0 Å². The van der Waals surface area contributed by atoms with Crippen molar-refractivity contribution >= 4 is 56.1 Å². The number of hydrogen-bond donors (Lipinski definition) is 3. The van der Waals surface area contributed by atoms with E-state index in [1.54, 1.807) is 29.6 Å². The third-order valence-electron chi connectivity index (χ3n) is 13.3. The Kier molecular flexibility index (Phi) is 11.1. The number of aromatic nitrogens is 4. The number of pyridine rings is 1. The van der Waals surface area contributed by atoms with Crippen LogP contribution in [0.2, 0.25) is 0 Å². The molecule has 16 nitrogen and oxygen atoms in total. The number of rotatable bonds is 12. The summed E-state index contributed by atoms with van der Waals surface area (Å²) < 4.78 is 72.9. The number of H-pyrrole nitrogens is 1. The van der Waals surface area contributed by atoms with Crippen molar-refractivity contribution in [3.63, 3.8) is 0 Å². The van der Waals surface area contributed by atoms with Crippen LogP contribution in [-0.4, -0.2) is 124 Å². The monoisotopic (exact) mass is 910 g/mol. The van der Waals surface area contributed by atoms with Crippen molar-refractivity contribution in [1.82, 2.24) is 39.4 Å². The number of carbonyl (C=O) groups is 4. The Morgan fingerprint density at radius 1 is 0.877 bits per heavy atom. The molecule has 8 heterocycles. The number of anilines is 2. The van der Waals surface area contributed by atoms with Gasteiger partial charge in [0.1, 0.15) is 29.5 Å². The van der Waals surface area contributed by atoms with E-state index in [2.05, 4.69) is 41.1 Å². The van der Waals surface area contributed by atoms with E-state index in [-0.39, 0.29) is 42.2 Å². The minimum Gasteiger partial charge on any atom is -0.372 e. The maximum Gasteiger partial charge on any atom is 0.301 e. The van der Waals surface area contributed by atoms with Crippen molar-refractivity contribution in [2.45, 2.75) is 57.3 Å². The number of nitrogens with zero attached hydrogens (tertiary/aromatic N) is 7. The highest BCUT2D eigenvalue weighted by atomic mass is 32.2. The lowest BCUT2D eigenvalue weighted by Crippen LogP contribution is -2.52. The summed E-state index contributed by atoms with van der Waals surface area (Å²) in [4.78, 5) is 73.8. The maximum absolute atomic E-state index is 15.7. The molecule has 5 aliphatic rings. The number of hydrogen-bond acceptors (Lipinski definition) is 11. The third-order valence-corrected chi connectivity index (χ3v) is 14.8. The zero-order chi connectivity index (χ0) is 45.1. The van der Waals surface area contributed by atoms with Crippen LogP contribution in [0.15, 0.2) is 61.2 Å². The van der Waals surface area contributed by atoms with Gasteiger partial charge in [0, 0.05) is 123 Å². The maximum atomic E-state index is 15.7. The number of benzene rings is 2. The van der Waals surface area contributed by atoms with E-state index < -0.39 is 63.5 Å². The molecule has 5 aromatic rings. The van der Waals surface area contributed by atoms with Crippen molar-refractivity contribution < 1.29 is 40.8 Å². The summed E-state index contributed by atoms with van der Waals surface area (Å²) in [6, 6.07) is 8.61. The molecule has 3 aromatic heterocycles. The SMILES string of the molecule is O=C1CCC(N2Cc3cc(N4CCC(CN5CC(Cc6ncc(-c7cnc8[nH]cc(C(=O)c9c(F)ccc(NS(=O)(=O)N%10CC[C@@H](F)C%10)c9F)c8c7)cn6)C5)CC4)ccc3C2=O)C(=O)N1. The molecule has 4 saturated heterocycles. The molecule has 2 aromatic carbocycles. The van der Waals surface area contributed by atoms with Gasteiger partial charge in [0.15, 0.2) is 5.82 Å². The van der Waals surface area contributed by atoms with Crippen LogP contribution in [0.25, 0.3) is 22.2 Å². The van der Waals surface area contributed by atoms with Gasteiger partial charge in [-0.2, -0.15) is 12.7 Å². The number of amides is 3. The summed E-state index contributed by atoms with van der Waals surface area (Å²) in [5.41, 5.74) is 2.41. The number of carbonyl (C=O) groups excluding carboxylic acids is 4. The minimum atomic E-state index is -4.36. The van der Waals surface area contributed by atoms with E-state index in [0.717, 1.165) is 73.3 Å². The first-order chi connectivity index (χ1) is 31.3. The van der Waals surface area contributed by atoms with E-state index in [9.17, 15) is 32.0 Å². The Labute approximate surface area is 371 Å². The van der Waals surface area contributed by atoms with Crippen LogP contribution in [0.1, 0.15) is 69.8 Å². The molecular formula is C45H45F3N10O6S. The van der Waals surface area contributed by atoms with Gasteiger partial charge in [-0.05, 0) is 79.5 Å². The minimum absolute atomic E-state index is 0.00237. The molecule has 20 heteroatoms. The second-order valence-corrected chi connectivity index (χ2v) is 19.3. The fourth-order valence-electron chi connectivity index (χ4n) is 9.75. The Morgan fingerprint density at radius 3 is 2.38 bits per heavy atom. The fraction of sp³-hybridized carbons (Fsp3) is 0.400. The van der Waals surface area contributed by atoms with Crippen molar-refractivity contribution in [2.24, 2.45) is 11.8 Å². The zero-order valence-corrected chi connectivity index (χ0v) is 35.9. The summed E-state index contributed by atoms with van der Waals surface area (Å²) in [5.74, 6) is -2.81. The molecule has 3 amide bonds. The first kappa shape index (κ1) is 42.7. The number of imide groups is 1. The molecule has 5 aliphatic heterocycles. The molecule has 0 radical (unpaired) electrons. The van der Waals surface area contributed by atoms with Crippen LogP contribution in [0.4, 0.5) is 24.5 Å². The van der Waals surface area contributed by atoms with Gasteiger partial charge < -0.3 is 19.7 Å². The molecular weight excluding hydrogens is 866 g/mol. The highest BCUT2D eigenvalue weighted by Crippen LogP contribution is 2.34. The molecule has 1 unspecified atom stereocenters. The van der Waals surface area contributed by atoms with Crippen molar-refractivity contribution in [2.75, 3.05) is 55.4 Å². The second kappa shape index (κ2) is 17.0. The highest BCUT2D eigenvalue weighted by Gasteiger charge is 2.40. The molecule has 0 spiro atoms. The molecule has 4 fully saturated rings. The largest absolute Gasteiger partial charge is 0.372 e. The van der Waals surface area contributed by atoms with E-state index in [0.29, 0.717) is 59.4 Å². The van der Waals surface area contributed by atoms with E-state index >= 15 is 8.78 Å². The smallest absolute Gasteiger partial charge is 0.301 e. The molecule has 0 bridgehead atoms. The van der Waals surface area contributed by atoms with Crippen molar-refractivity contribution in [1.29, 1.82) is 0 Å². The standard InChI is InChI=1S/C45H45F3N10O6S/c46-30-9-12-57(24-30)65(63,64)54-36-4-3-35(47)40(41(36)48)42(60)34-19-52-43-33(34)15-27(16-51-43)29-17-49-38(50-18-29)13-26-21-55(22-26)20-25-7-10-56(11-8-25)31-1-2-32-28(14-31)23-58(45(32)62)37-5-6-39(59)53-44(37)61/h1-4,14-19,25-26,30,37,54H,5-13,20-24H2,(H,51,52)(H,53,59,61)/t30-,37?/m1/s1. The number of ketones is 1. The average Bonchev–Trinajstić information content (AvgIpc) is 4.01. The van der Waals surface area contributed by atoms with Crippen molar-refractivity contribution in [3.8, 4) is 11.1 Å². The van der Waals surface area contributed by atoms with Crippen molar-refractivity contribution in [3.05, 3.63) is 101 Å². The predicted molar refractivity (Wildman–Crippen MR) is 232 cm³/mol. The summed E-state index contributed by atoms with van der Waals surface area (Å²) >= 11 is 0. The average molecular weight is 911 g/mol. The predicted octanol–water partition coefficient (Wildman–Crippen LogP) is 4.38. The second-order valence-electron chi connectivity index (χ2n) is 17.6. The van der Waals surface area contributed by atoms with Gasteiger partial charge in [-0.1, -0.05) is 0 Å². The summed E-state index contributed by atoms with van der Waals surface area (Å²) in [7, 11) is -4.36. The molecule has 0 saturated carbocycles. The molecule has 3 N–H and O–H groups in total. The lowest BCUT2D eigenvalue weighted by Gasteiger charge is -2.43. The molecule has 10 rings (SSSR count). The van der Waals surface area contributed by atoms with Crippen LogP contribution in [-0.2, 0) is 32.8 Å². The van der Waals surface area contributed by atoms with Crippen LogP contribution in [0.3, 0.4) is 0 Å². The zero-order valence-electron chi connectivity index (χ0n) is 35.1. The first-order valence-electron chi connectivity index (χ1n) is 21.8. The van der Waals surface area contributed by atoms with Gasteiger partial charge in [-0.3, -0.25) is 29.2 Å². The van der Waals surface area contributed by atoms with Gasteiger partial charge >= 0.3 is 10.2 Å².